The second-order valence-corrected chi connectivity index (χ2v) is 4.34. The number of benzene rings is 2. The Balaban J connectivity index is 2.50. The zero-order valence-corrected chi connectivity index (χ0v) is 10.3. The molecule has 0 aliphatic carbocycles. The summed E-state index contributed by atoms with van der Waals surface area (Å²) < 4.78 is 37.9. The predicted octanol–water partition coefficient (Wildman–Crippen LogP) is 4.84. The Kier molecular flexibility index (Phi) is 3.62. The molecule has 0 bridgehead atoms. The molecule has 19 heavy (non-hydrogen) atoms. The van der Waals surface area contributed by atoms with Crippen LogP contribution in [0.3, 0.4) is 0 Å². The van der Waals surface area contributed by atoms with E-state index in [2.05, 4.69) is 0 Å². The molecular formula is C14H8ClF3O. The van der Waals surface area contributed by atoms with Crippen LogP contribution in [0, 0.1) is 0 Å². The quantitative estimate of drug-likeness (QED) is 0.721. The van der Waals surface area contributed by atoms with Crippen LogP contribution in [0.25, 0.3) is 11.1 Å². The van der Waals surface area contributed by atoms with Crippen molar-refractivity contribution in [3.63, 3.8) is 0 Å². The van der Waals surface area contributed by atoms with E-state index >= 15 is 0 Å². The van der Waals surface area contributed by atoms with Gasteiger partial charge in [0.25, 0.3) is 0 Å². The average Bonchev–Trinajstić information content (AvgIpc) is 2.37. The van der Waals surface area contributed by atoms with Crippen LogP contribution in [0.5, 0.6) is 0 Å². The molecule has 0 atom stereocenters. The molecule has 0 aliphatic heterocycles. The van der Waals surface area contributed by atoms with E-state index in [1.807, 2.05) is 0 Å². The summed E-state index contributed by atoms with van der Waals surface area (Å²) in [5.41, 5.74) is 0.455. The number of hydrogen-bond acceptors (Lipinski definition) is 1. The molecule has 1 nitrogen and oxygen atoms in total. The first kappa shape index (κ1) is 13.6. The summed E-state index contributed by atoms with van der Waals surface area (Å²) in [6, 6.07) is 9.35. The van der Waals surface area contributed by atoms with Crippen molar-refractivity contribution in [3.8, 4) is 11.1 Å². The van der Waals surface area contributed by atoms with Gasteiger partial charge in [-0.15, -0.1) is 0 Å². The second kappa shape index (κ2) is 5.05. The largest absolute Gasteiger partial charge is 0.416 e. The van der Waals surface area contributed by atoms with Crippen molar-refractivity contribution in [2.75, 3.05) is 0 Å². The van der Waals surface area contributed by atoms with E-state index < -0.39 is 11.7 Å². The van der Waals surface area contributed by atoms with Crippen LogP contribution in [0.2, 0.25) is 5.02 Å². The Morgan fingerprint density at radius 1 is 1.05 bits per heavy atom. The summed E-state index contributed by atoms with van der Waals surface area (Å²) >= 11 is 5.97. The Hall–Kier alpha value is -1.81. The first-order chi connectivity index (χ1) is 8.91. The Labute approximate surface area is 112 Å². The molecule has 0 heterocycles. The van der Waals surface area contributed by atoms with Crippen LogP contribution in [0.4, 0.5) is 13.2 Å². The second-order valence-electron chi connectivity index (χ2n) is 3.94. The smallest absolute Gasteiger partial charge is 0.298 e. The van der Waals surface area contributed by atoms with Gasteiger partial charge in [-0.25, -0.2) is 0 Å². The maximum absolute atomic E-state index is 12.6. The van der Waals surface area contributed by atoms with Crippen molar-refractivity contribution in [1.82, 2.24) is 0 Å². The van der Waals surface area contributed by atoms with Gasteiger partial charge < -0.3 is 0 Å². The molecule has 0 spiro atoms. The molecular weight excluding hydrogens is 277 g/mol. The van der Waals surface area contributed by atoms with Crippen LogP contribution in [-0.4, -0.2) is 6.29 Å². The van der Waals surface area contributed by atoms with Crippen LogP contribution in [0.1, 0.15) is 15.9 Å². The Morgan fingerprint density at radius 3 is 2.37 bits per heavy atom. The number of hydrogen-bond donors (Lipinski definition) is 0. The summed E-state index contributed by atoms with van der Waals surface area (Å²) in [5.74, 6) is 0. The van der Waals surface area contributed by atoms with E-state index in [1.54, 1.807) is 0 Å². The van der Waals surface area contributed by atoms with Crippen molar-refractivity contribution in [2.24, 2.45) is 0 Å². The molecule has 2 rings (SSSR count). The highest BCUT2D eigenvalue weighted by Crippen LogP contribution is 2.34. The number of carbonyl (C=O) groups excluding carboxylic acids is 1. The fraction of sp³-hybridized carbons (Fsp3) is 0.0714. The Bertz CT molecular complexity index is 620. The van der Waals surface area contributed by atoms with Gasteiger partial charge in [-0.1, -0.05) is 35.9 Å². The van der Waals surface area contributed by atoms with Gasteiger partial charge in [-0.2, -0.15) is 13.2 Å². The predicted molar refractivity (Wildman–Crippen MR) is 67.3 cm³/mol. The summed E-state index contributed by atoms with van der Waals surface area (Å²) in [6.07, 6.45) is -3.77. The minimum absolute atomic E-state index is 0.240. The molecule has 0 fully saturated rings. The fourth-order valence-corrected chi connectivity index (χ4v) is 2.00. The van der Waals surface area contributed by atoms with Gasteiger partial charge in [-0.3, -0.25) is 4.79 Å². The van der Waals surface area contributed by atoms with Gasteiger partial charge in [-0.05, 0) is 23.8 Å². The number of halogens is 4. The van der Waals surface area contributed by atoms with E-state index in [1.165, 1.54) is 30.3 Å². The van der Waals surface area contributed by atoms with Gasteiger partial charge in [0.05, 0.1) is 5.56 Å². The number of carbonyl (C=O) groups is 1. The molecule has 0 N–H and O–H groups in total. The molecule has 0 unspecified atom stereocenters. The van der Waals surface area contributed by atoms with Gasteiger partial charge in [0, 0.05) is 16.1 Å². The molecule has 0 aromatic heterocycles. The van der Waals surface area contributed by atoms with Gasteiger partial charge in [0.1, 0.15) is 6.29 Å². The summed E-state index contributed by atoms with van der Waals surface area (Å²) in [4.78, 5) is 10.6. The standard InChI is InChI=1S/C14H8ClF3O/c15-13-6-9(8-19)4-5-12(13)10-2-1-3-11(7-10)14(16,17)18/h1-8H. The molecule has 0 saturated carbocycles. The minimum Gasteiger partial charge on any atom is -0.298 e. The molecule has 0 saturated heterocycles. The van der Waals surface area contributed by atoms with Gasteiger partial charge in [0.15, 0.2) is 0 Å². The van der Waals surface area contributed by atoms with E-state index in [0.717, 1.165) is 12.1 Å². The van der Waals surface area contributed by atoms with E-state index in [-0.39, 0.29) is 5.02 Å². The van der Waals surface area contributed by atoms with Crippen molar-refractivity contribution >= 4 is 17.9 Å². The third-order valence-electron chi connectivity index (χ3n) is 2.63. The fourth-order valence-electron chi connectivity index (χ4n) is 1.70. The number of alkyl halides is 3. The van der Waals surface area contributed by atoms with Crippen LogP contribution in [-0.2, 0) is 6.18 Å². The average molecular weight is 285 g/mol. The Morgan fingerprint density at radius 2 is 1.79 bits per heavy atom. The lowest BCUT2D eigenvalue weighted by atomic mass is 10.0. The van der Waals surface area contributed by atoms with Crippen molar-refractivity contribution in [2.45, 2.75) is 6.18 Å². The monoisotopic (exact) mass is 284 g/mol. The lowest BCUT2D eigenvalue weighted by Gasteiger charge is -2.10. The zero-order valence-electron chi connectivity index (χ0n) is 9.54. The van der Waals surface area contributed by atoms with Crippen molar-refractivity contribution in [3.05, 3.63) is 58.6 Å². The van der Waals surface area contributed by atoms with E-state index in [9.17, 15) is 18.0 Å². The summed E-state index contributed by atoms with van der Waals surface area (Å²) in [5, 5.41) is 0.240. The first-order valence-corrected chi connectivity index (χ1v) is 5.72. The molecule has 5 heteroatoms. The SMILES string of the molecule is O=Cc1ccc(-c2cccc(C(F)(F)F)c2)c(Cl)c1. The highest BCUT2D eigenvalue weighted by Gasteiger charge is 2.30. The third-order valence-corrected chi connectivity index (χ3v) is 2.94. The molecule has 0 radical (unpaired) electrons. The zero-order chi connectivity index (χ0) is 14.0. The van der Waals surface area contributed by atoms with Gasteiger partial charge >= 0.3 is 6.18 Å². The molecule has 98 valence electrons. The molecule has 2 aromatic carbocycles. The minimum atomic E-state index is -4.40. The highest BCUT2D eigenvalue weighted by atomic mass is 35.5. The van der Waals surface area contributed by atoms with E-state index in [4.69, 9.17) is 11.6 Å². The molecule has 0 aliphatic rings. The maximum atomic E-state index is 12.6. The number of aldehydes is 1. The summed E-state index contributed by atoms with van der Waals surface area (Å²) in [7, 11) is 0. The molecule has 0 amide bonds. The topological polar surface area (TPSA) is 17.1 Å². The van der Waals surface area contributed by atoms with Gasteiger partial charge in [0.2, 0.25) is 0 Å². The maximum Gasteiger partial charge on any atom is 0.416 e. The highest BCUT2D eigenvalue weighted by molar-refractivity contribution is 6.33. The van der Waals surface area contributed by atoms with Crippen molar-refractivity contribution in [1.29, 1.82) is 0 Å². The van der Waals surface area contributed by atoms with Crippen molar-refractivity contribution < 1.29 is 18.0 Å². The van der Waals surface area contributed by atoms with Crippen LogP contribution in [0.15, 0.2) is 42.5 Å². The summed E-state index contributed by atoms with van der Waals surface area (Å²) in [6.45, 7) is 0. The number of rotatable bonds is 2. The molecule has 2 aromatic rings. The van der Waals surface area contributed by atoms with E-state index in [0.29, 0.717) is 23.0 Å². The lowest BCUT2D eigenvalue weighted by molar-refractivity contribution is -0.137. The van der Waals surface area contributed by atoms with Crippen LogP contribution >= 0.6 is 11.6 Å². The first-order valence-electron chi connectivity index (χ1n) is 5.34. The normalized spacial score (nSPS) is 11.4. The van der Waals surface area contributed by atoms with Crippen LogP contribution < -0.4 is 0 Å². The lowest BCUT2D eigenvalue weighted by Crippen LogP contribution is -2.04. The third kappa shape index (κ3) is 2.96.